The second-order valence-corrected chi connectivity index (χ2v) is 10.3. The van der Waals surface area contributed by atoms with E-state index < -0.39 is 23.0 Å². The van der Waals surface area contributed by atoms with Crippen LogP contribution in [-0.4, -0.2) is 40.2 Å². The summed E-state index contributed by atoms with van der Waals surface area (Å²) in [6.45, 7) is 2.16. The third-order valence-corrected chi connectivity index (χ3v) is 7.83. The van der Waals surface area contributed by atoms with E-state index in [1.807, 2.05) is 0 Å². The molecule has 3 aromatic rings. The molecule has 3 atom stereocenters. The van der Waals surface area contributed by atoms with Crippen LogP contribution in [0.3, 0.4) is 0 Å². The van der Waals surface area contributed by atoms with E-state index in [9.17, 15) is 8.78 Å². The van der Waals surface area contributed by atoms with Gasteiger partial charge in [-0.25, -0.2) is 23.1 Å². The maximum atomic E-state index is 15.2. The van der Waals surface area contributed by atoms with Crippen molar-refractivity contribution in [2.75, 3.05) is 25.6 Å². The first kappa shape index (κ1) is 24.2. The number of anilines is 2. The number of methoxy groups -OCH3 is 1. The van der Waals surface area contributed by atoms with Crippen LogP contribution in [0.1, 0.15) is 18.9 Å². The van der Waals surface area contributed by atoms with Crippen LogP contribution in [0.2, 0.25) is 0 Å². The smallest absolute Gasteiger partial charge is 0.164 e. The van der Waals surface area contributed by atoms with Gasteiger partial charge in [0.15, 0.2) is 28.4 Å². The van der Waals surface area contributed by atoms with Crippen molar-refractivity contribution in [2.45, 2.75) is 23.6 Å². The standard InChI is InChI=1S/C25H22F3N5O2S/c1-4-5-35-14-8-15-18(27)11-31-22(21(15)30-10-14)32-13-6-16(20(28)17(26)7-13)24(2)19-9-25(19,12-34-3)36-23(29)33-24/h1,6-8,10-11,19H,5,9,12H2,2-3H3,(H2,29,33)(H,31,32)/t19-,24-,25+/m0/s1. The van der Waals surface area contributed by atoms with E-state index in [0.717, 1.165) is 12.3 Å². The Morgan fingerprint density at radius 2 is 2.03 bits per heavy atom. The molecular formula is C25H22F3N5O2S. The highest BCUT2D eigenvalue weighted by atomic mass is 32.2. The zero-order valence-electron chi connectivity index (χ0n) is 19.4. The third-order valence-electron chi connectivity index (χ3n) is 6.55. The van der Waals surface area contributed by atoms with Gasteiger partial charge in [-0.15, -0.1) is 6.42 Å². The molecule has 2 aliphatic rings. The van der Waals surface area contributed by atoms with E-state index >= 15 is 4.39 Å². The van der Waals surface area contributed by atoms with Crippen LogP contribution in [0.5, 0.6) is 5.75 Å². The SMILES string of the molecule is C#CCOc1cnc2c(Nc3cc(F)c(F)c([C@]4(C)N=C(N)S[C@@]5(COC)C[C@H]54)c3)ncc(F)c2c1. The van der Waals surface area contributed by atoms with E-state index in [0.29, 0.717) is 18.2 Å². The van der Waals surface area contributed by atoms with Crippen molar-refractivity contribution in [1.29, 1.82) is 0 Å². The number of aromatic nitrogens is 2. The Hall–Kier alpha value is -3.49. The number of hydrogen-bond acceptors (Lipinski definition) is 8. The lowest BCUT2D eigenvalue weighted by Crippen LogP contribution is -2.37. The molecule has 1 aliphatic carbocycles. The summed E-state index contributed by atoms with van der Waals surface area (Å²) in [5, 5.41) is 3.36. The molecule has 1 saturated carbocycles. The normalized spacial score (nSPS) is 24.6. The van der Waals surface area contributed by atoms with Crippen LogP contribution in [0, 0.1) is 35.7 Å². The Kier molecular flexibility index (Phi) is 5.97. The number of rotatable bonds is 7. The predicted octanol–water partition coefficient (Wildman–Crippen LogP) is 4.48. The first-order valence-electron chi connectivity index (χ1n) is 11.0. The number of hydrogen-bond donors (Lipinski definition) is 2. The molecular weight excluding hydrogens is 491 g/mol. The van der Waals surface area contributed by atoms with E-state index in [-0.39, 0.29) is 51.0 Å². The number of nitrogens with zero attached hydrogens (tertiary/aromatic N) is 3. The number of benzene rings is 1. The zero-order chi connectivity index (χ0) is 25.7. The molecule has 5 rings (SSSR count). The average Bonchev–Trinajstić information content (AvgIpc) is 3.56. The molecule has 7 nitrogen and oxygen atoms in total. The minimum absolute atomic E-state index is 0.000436. The zero-order valence-corrected chi connectivity index (χ0v) is 20.3. The number of nitrogens with two attached hydrogens (primary N) is 1. The summed E-state index contributed by atoms with van der Waals surface area (Å²) in [5.41, 5.74) is 5.43. The topological polar surface area (TPSA) is 94.7 Å². The van der Waals surface area contributed by atoms with Gasteiger partial charge in [0.1, 0.15) is 17.9 Å². The quantitative estimate of drug-likeness (QED) is 0.450. The summed E-state index contributed by atoms with van der Waals surface area (Å²) < 4.78 is 54.9. The van der Waals surface area contributed by atoms with Crippen LogP contribution >= 0.6 is 11.8 Å². The number of halogens is 3. The lowest BCUT2D eigenvalue weighted by molar-refractivity contribution is 0.184. The molecule has 1 aromatic carbocycles. The fourth-order valence-electron chi connectivity index (χ4n) is 4.86. The largest absolute Gasteiger partial charge is 0.479 e. The van der Waals surface area contributed by atoms with Crippen molar-refractivity contribution >= 4 is 39.3 Å². The summed E-state index contributed by atoms with van der Waals surface area (Å²) in [4.78, 5) is 12.8. The van der Waals surface area contributed by atoms with Gasteiger partial charge in [-0.3, -0.25) is 4.99 Å². The first-order valence-corrected chi connectivity index (χ1v) is 11.8. The molecule has 11 heteroatoms. The monoisotopic (exact) mass is 513 g/mol. The van der Waals surface area contributed by atoms with E-state index in [2.05, 4.69) is 26.2 Å². The van der Waals surface area contributed by atoms with Crippen molar-refractivity contribution in [1.82, 2.24) is 9.97 Å². The van der Waals surface area contributed by atoms with Crippen molar-refractivity contribution < 1.29 is 22.6 Å². The Labute approximate surface area is 209 Å². The summed E-state index contributed by atoms with van der Waals surface area (Å²) in [6.07, 6.45) is 8.28. The number of terminal acetylenes is 1. The van der Waals surface area contributed by atoms with Gasteiger partial charge in [0.2, 0.25) is 0 Å². The highest BCUT2D eigenvalue weighted by Crippen LogP contribution is 2.66. The summed E-state index contributed by atoms with van der Waals surface area (Å²) >= 11 is 1.41. The van der Waals surface area contributed by atoms with Crippen LogP contribution in [-0.2, 0) is 10.3 Å². The minimum atomic E-state index is -1.10. The third kappa shape index (κ3) is 4.00. The molecule has 0 amide bonds. The molecule has 0 spiro atoms. The lowest BCUT2D eigenvalue weighted by atomic mass is 9.85. The molecule has 3 heterocycles. The number of fused-ring (bicyclic) bond motifs is 2. The Morgan fingerprint density at radius 3 is 2.78 bits per heavy atom. The number of thioether (sulfide) groups is 1. The Morgan fingerprint density at radius 1 is 1.22 bits per heavy atom. The predicted molar refractivity (Wildman–Crippen MR) is 133 cm³/mol. The number of nitrogens with one attached hydrogen (secondary N) is 1. The Bertz CT molecular complexity index is 1450. The van der Waals surface area contributed by atoms with Gasteiger partial charge < -0.3 is 20.5 Å². The van der Waals surface area contributed by atoms with Crippen LogP contribution in [0.25, 0.3) is 10.9 Å². The number of aliphatic imine (C=N–C) groups is 1. The number of amidine groups is 1. The van der Waals surface area contributed by atoms with Gasteiger partial charge in [0.05, 0.1) is 29.3 Å². The van der Waals surface area contributed by atoms with Crippen molar-refractivity contribution in [3.05, 3.63) is 53.6 Å². The van der Waals surface area contributed by atoms with Crippen LogP contribution < -0.4 is 15.8 Å². The first-order chi connectivity index (χ1) is 17.2. The maximum Gasteiger partial charge on any atom is 0.164 e. The summed E-state index contributed by atoms with van der Waals surface area (Å²) in [5.74, 6) is -0.0267. The molecule has 1 aliphatic heterocycles. The molecule has 3 N–H and O–H groups in total. The number of ether oxygens (including phenoxy) is 2. The van der Waals surface area contributed by atoms with Crippen molar-refractivity contribution in [3.63, 3.8) is 0 Å². The Balaban J connectivity index is 1.54. The molecule has 2 aromatic heterocycles. The maximum absolute atomic E-state index is 15.2. The highest BCUT2D eigenvalue weighted by Gasteiger charge is 2.66. The molecule has 0 radical (unpaired) electrons. The molecule has 0 bridgehead atoms. The second-order valence-electron chi connectivity index (χ2n) is 8.91. The molecule has 186 valence electrons. The van der Waals surface area contributed by atoms with Crippen LogP contribution in [0.15, 0.2) is 35.6 Å². The van der Waals surface area contributed by atoms with E-state index in [1.165, 1.54) is 30.1 Å². The van der Waals surface area contributed by atoms with Crippen molar-refractivity contribution in [3.8, 4) is 18.1 Å². The van der Waals surface area contributed by atoms with Crippen molar-refractivity contribution in [2.24, 2.45) is 16.6 Å². The van der Waals surface area contributed by atoms with E-state index in [4.69, 9.17) is 21.6 Å². The van der Waals surface area contributed by atoms with Gasteiger partial charge in [-0.1, -0.05) is 17.7 Å². The molecule has 1 fully saturated rings. The van der Waals surface area contributed by atoms with Gasteiger partial charge >= 0.3 is 0 Å². The minimum Gasteiger partial charge on any atom is -0.479 e. The lowest BCUT2D eigenvalue weighted by Gasteiger charge is -2.34. The second kappa shape index (κ2) is 8.87. The fourth-order valence-corrected chi connectivity index (χ4v) is 6.31. The summed E-state index contributed by atoms with van der Waals surface area (Å²) in [6, 6.07) is 3.92. The summed E-state index contributed by atoms with van der Waals surface area (Å²) in [7, 11) is 1.59. The van der Waals surface area contributed by atoms with Gasteiger partial charge in [-0.2, -0.15) is 0 Å². The van der Waals surface area contributed by atoms with Gasteiger partial charge in [0.25, 0.3) is 0 Å². The highest BCUT2D eigenvalue weighted by molar-refractivity contribution is 8.15. The fraction of sp³-hybridized carbons (Fsp3) is 0.320. The van der Waals surface area contributed by atoms with Gasteiger partial charge in [-0.05, 0) is 25.5 Å². The molecule has 0 unspecified atom stereocenters. The molecule has 0 saturated heterocycles. The van der Waals surface area contributed by atoms with E-state index in [1.54, 1.807) is 14.0 Å². The molecule has 36 heavy (non-hydrogen) atoms. The average molecular weight is 514 g/mol. The van der Waals surface area contributed by atoms with Crippen LogP contribution in [0.4, 0.5) is 24.7 Å². The van der Waals surface area contributed by atoms with Gasteiger partial charge in [0, 0.05) is 35.7 Å². The number of pyridine rings is 2.